The maximum Gasteiger partial charge on any atom is 0.253 e. The molecule has 1 saturated carbocycles. The van der Waals surface area contributed by atoms with E-state index in [1.807, 2.05) is 31.3 Å². The van der Waals surface area contributed by atoms with Crippen LogP contribution in [0.3, 0.4) is 0 Å². The lowest BCUT2D eigenvalue weighted by Gasteiger charge is -2.25. The SMILES string of the molecule is CO[C@H]1C[C@@H](CN(C)C(=O)c2ccc(OCC3CC3)cc2)N(C)C1. The summed E-state index contributed by atoms with van der Waals surface area (Å²) in [5.74, 6) is 1.63. The van der Waals surface area contributed by atoms with Crippen LogP contribution in [0.25, 0.3) is 0 Å². The minimum absolute atomic E-state index is 0.0537. The second-order valence-corrected chi connectivity index (χ2v) is 7.15. The third kappa shape index (κ3) is 4.28. The first-order valence-electron chi connectivity index (χ1n) is 8.78. The van der Waals surface area contributed by atoms with E-state index in [9.17, 15) is 4.79 Å². The molecule has 1 aromatic carbocycles. The average Bonchev–Trinajstić information content (AvgIpc) is 3.36. The lowest BCUT2D eigenvalue weighted by atomic mass is 10.1. The number of methoxy groups -OCH3 is 1. The van der Waals surface area contributed by atoms with Crippen molar-refractivity contribution in [1.82, 2.24) is 9.80 Å². The van der Waals surface area contributed by atoms with Crippen LogP contribution in [0.1, 0.15) is 29.6 Å². The summed E-state index contributed by atoms with van der Waals surface area (Å²) < 4.78 is 11.2. The number of likely N-dealkylation sites (tertiary alicyclic amines) is 1. The second-order valence-electron chi connectivity index (χ2n) is 7.15. The summed E-state index contributed by atoms with van der Waals surface area (Å²) in [6.07, 6.45) is 3.80. The zero-order chi connectivity index (χ0) is 17.1. The molecule has 1 aliphatic heterocycles. The molecule has 0 spiro atoms. The van der Waals surface area contributed by atoms with Gasteiger partial charge in [0.05, 0.1) is 12.7 Å². The molecule has 0 radical (unpaired) electrons. The number of rotatable bonds is 7. The number of hydrogen-bond acceptors (Lipinski definition) is 4. The third-order valence-corrected chi connectivity index (χ3v) is 5.10. The largest absolute Gasteiger partial charge is 0.493 e. The van der Waals surface area contributed by atoms with Gasteiger partial charge in [-0.1, -0.05) is 0 Å². The highest BCUT2D eigenvalue weighted by molar-refractivity contribution is 5.94. The van der Waals surface area contributed by atoms with Crippen LogP contribution in [0.5, 0.6) is 5.75 Å². The van der Waals surface area contributed by atoms with Crippen LogP contribution in [-0.4, -0.2) is 68.8 Å². The fourth-order valence-corrected chi connectivity index (χ4v) is 3.22. The quantitative estimate of drug-likeness (QED) is 0.768. The van der Waals surface area contributed by atoms with Gasteiger partial charge in [-0.3, -0.25) is 9.69 Å². The maximum absolute atomic E-state index is 12.6. The molecule has 0 aromatic heterocycles. The van der Waals surface area contributed by atoms with Crippen LogP contribution in [0.2, 0.25) is 0 Å². The summed E-state index contributed by atoms with van der Waals surface area (Å²) in [7, 11) is 5.71. The Morgan fingerprint density at radius 1 is 1.29 bits per heavy atom. The summed E-state index contributed by atoms with van der Waals surface area (Å²) in [4.78, 5) is 16.7. The van der Waals surface area contributed by atoms with Crippen molar-refractivity contribution in [3.05, 3.63) is 29.8 Å². The predicted molar refractivity (Wildman–Crippen MR) is 93.5 cm³/mol. The Morgan fingerprint density at radius 3 is 2.58 bits per heavy atom. The number of amides is 1. The molecule has 132 valence electrons. The van der Waals surface area contributed by atoms with E-state index in [4.69, 9.17) is 9.47 Å². The molecule has 1 amide bonds. The number of benzene rings is 1. The van der Waals surface area contributed by atoms with Crippen molar-refractivity contribution in [2.24, 2.45) is 5.92 Å². The molecular formula is C19H28N2O3. The Labute approximate surface area is 144 Å². The third-order valence-electron chi connectivity index (χ3n) is 5.10. The highest BCUT2D eigenvalue weighted by Gasteiger charge is 2.31. The van der Waals surface area contributed by atoms with E-state index in [0.717, 1.165) is 37.8 Å². The molecule has 3 rings (SSSR count). The van der Waals surface area contributed by atoms with E-state index < -0.39 is 0 Å². The van der Waals surface area contributed by atoms with E-state index in [1.165, 1.54) is 12.8 Å². The van der Waals surface area contributed by atoms with Gasteiger partial charge in [0.15, 0.2) is 0 Å². The van der Waals surface area contributed by atoms with Gasteiger partial charge in [-0.15, -0.1) is 0 Å². The molecule has 24 heavy (non-hydrogen) atoms. The first-order valence-corrected chi connectivity index (χ1v) is 8.78. The van der Waals surface area contributed by atoms with Gasteiger partial charge < -0.3 is 14.4 Å². The first-order chi connectivity index (χ1) is 11.6. The van der Waals surface area contributed by atoms with Crippen LogP contribution in [0.15, 0.2) is 24.3 Å². The average molecular weight is 332 g/mol. The van der Waals surface area contributed by atoms with Crippen LogP contribution in [0.4, 0.5) is 0 Å². The molecule has 1 heterocycles. The summed E-state index contributed by atoms with van der Waals surface area (Å²) >= 11 is 0. The molecule has 0 N–H and O–H groups in total. The predicted octanol–water partition coefficient (Wildman–Crippen LogP) is 2.27. The van der Waals surface area contributed by atoms with E-state index >= 15 is 0 Å². The fraction of sp³-hybridized carbons (Fsp3) is 0.632. The monoisotopic (exact) mass is 332 g/mol. The standard InChI is InChI=1S/C19H28N2O3/c1-20-12-18(23-3)10-16(20)11-21(2)19(22)15-6-8-17(9-7-15)24-13-14-4-5-14/h6-9,14,16,18H,4-5,10-13H2,1-3H3/t16-,18-/m0/s1. The van der Waals surface area contributed by atoms with Crippen molar-refractivity contribution in [3.8, 4) is 5.75 Å². The summed E-state index contributed by atoms with van der Waals surface area (Å²) in [6, 6.07) is 7.86. The molecule has 2 atom stereocenters. The lowest BCUT2D eigenvalue weighted by Crippen LogP contribution is -2.39. The normalized spacial score (nSPS) is 24.1. The van der Waals surface area contributed by atoms with Crippen LogP contribution < -0.4 is 4.74 Å². The zero-order valence-corrected chi connectivity index (χ0v) is 14.9. The lowest BCUT2D eigenvalue weighted by molar-refractivity contribution is 0.0760. The molecule has 5 nitrogen and oxygen atoms in total. The Bertz CT molecular complexity index is 556. The van der Waals surface area contributed by atoms with E-state index in [2.05, 4.69) is 11.9 Å². The van der Waals surface area contributed by atoms with E-state index in [-0.39, 0.29) is 12.0 Å². The summed E-state index contributed by atoms with van der Waals surface area (Å²) in [6.45, 7) is 2.44. The minimum Gasteiger partial charge on any atom is -0.493 e. The Kier molecular flexibility index (Phi) is 5.41. The zero-order valence-electron chi connectivity index (χ0n) is 14.9. The first kappa shape index (κ1) is 17.2. The maximum atomic E-state index is 12.6. The van der Waals surface area contributed by atoms with Gasteiger partial charge in [0.25, 0.3) is 5.91 Å². The summed E-state index contributed by atoms with van der Waals surface area (Å²) in [5.41, 5.74) is 0.709. The van der Waals surface area contributed by atoms with Crippen molar-refractivity contribution in [3.63, 3.8) is 0 Å². The number of likely N-dealkylation sites (N-methyl/N-ethyl adjacent to an activating group) is 2. The Balaban J connectivity index is 1.52. The Morgan fingerprint density at radius 2 is 2.00 bits per heavy atom. The molecule has 0 unspecified atom stereocenters. The molecule has 5 heteroatoms. The molecular weight excluding hydrogens is 304 g/mol. The smallest absolute Gasteiger partial charge is 0.253 e. The van der Waals surface area contributed by atoms with Crippen molar-refractivity contribution in [2.45, 2.75) is 31.4 Å². The highest BCUT2D eigenvalue weighted by atomic mass is 16.5. The highest BCUT2D eigenvalue weighted by Crippen LogP contribution is 2.29. The topological polar surface area (TPSA) is 42.0 Å². The van der Waals surface area contributed by atoms with Crippen molar-refractivity contribution in [2.75, 3.05) is 40.9 Å². The van der Waals surface area contributed by atoms with Gasteiger partial charge in [-0.2, -0.15) is 0 Å². The number of ether oxygens (including phenoxy) is 2. The van der Waals surface area contributed by atoms with Gasteiger partial charge in [-0.05, 0) is 56.5 Å². The fourth-order valence-electron chi connectivity index (χ4n) is 3.22. The number of nitrogens with zero attached hydrogens (tertiary/aromatic N) is 2. The van der Waals surface area contributed by atoms with Crippen molar-refractivity contribution >= 4 is 5.91 Å². The van der Waals surface area contributed by atoms with Gasteiger partial charge in [0.1, 0.15) is 5.75 Å². The molecule has 1 saturated heterocycles. The minimum atomic E-state index is 0.0537. The van der Waals surface area contributed by atoms with E-state index in [0.29, 0.717) is 11.6 Å². The van der Waals surface area contributed by atoms with Crippen molar-refractivity contribution in [1.29, 1.82) is 0 Å². The van der Waals surface area contributed by atoms with E-state index in [1.54, 1.807) is 12.0 Å². The second kappa shape index (κ2) is 7.53. The molecule has 2 aliphatic rings. The van der Waals surface area contributed by atoms with Gasteiger partial charge in [0, 0.05) is 38.9 Å². The van der Waals surface area contributed by atoms with Gasteiger partial charge in [-0.25, -0.2) is 0 Å². The molecule has 2 fully saturated rings. The summed E-state index contributed by atoms with van der Waals surface area (Å²) in [5, 5.41) is 0. The van der Waals surface area contributed by atoms with Crippen LogP contribution >= 0.6 is 0 Å². The number of carbonyl (C=O) groups excluding carboxylic acids is 1. The van der Waals surface area contributed by atoms with Crippen molar-refractivity contribution < 1.29 is 14.3 Å². The number of carbonyl (C=O) groups is 1. The Hall–Kier alpha value is -1.59. The van der Waals surface area contributed by atoms with Gasteiger partial charge in [0.2, 0.25) is 0 Å². The number of hydrogen-bond donors (Lipinski definition) is 0. The molecule has 0 bridgehead atoms. The van der Waals surface area contributed by atoms with Crippen LogP contribution in [0, 0.1) is 5.92 Å². The molecule has 1 aromatic rings. The van der Waals surface area contributed by atoms with Gasteiger partial charge >= 0.3 is 0 Å². The van der Waals surface area contributed by atoms with Crippen LogP contribution in [-0.2, 0) is 4.74 Å². The molecule has 1 aliphatic carbocycles.